The Kier molecular flexibility index (Phi) is 3.87. The summed E-state index contributed by atoms with van der Waals surface area (Å²) in [6, 6.07) is 1.88. The highest BCUT2D eigenvalue weighted by Gasteiger charge is 2.26. The van der Waals surface area contributed by atoms with E-state index in [2.05, 4.69) is 21.8 Å². The zero-order chi connectivity index (χ0) is 14.1. The van der Waals surface area contributed by atoms with Crippen LogP contribution in [-0.4, -0.2) is 39.2 Å². The molecule has 2 aromatic rings. The molecule has 20 heavy (non-hydrogen) atoms. The van der Waals surface area contributed by atoms with E-state index in [0.29, 0.717) is 23.0 Å². The van der Waals surface area contributed by atoms with Gasteiger partial charge in [-0.05, 0) is 30.2 Å². The normalized spacial score (nSPS) is 24.3. The highest BCUT2D eigenvalue weighted by molar-refractivity contribution is 7.17. The van der Waals surface area contributed by atoms with Crippen molar-refractivity contribution in [3.05, 3.63) is 27.6 Å². The van der Waals surface area contributed by atoms with Crippen LogP contribution >= 0.6 is 11.3 Å². The van der Waals surface area contributed by atoms with Crippen LogP contribution in [0.5, 0.6) is 0 Å². The van der Waals surface area contributed by atoms with Gasteiger partial charge in [-0.3, -0.25) is 9.69 Å². The van der Waals surface area contributed by atoms with Gasteiger partial charge in [0.05, 0.1) is 18.2 Å². The van der Waals surface area contributed by atoms with E-state index in [4.69, 9.17) is 0 Å². The van der Waals surface area contributed by atoms with Crippen LogP contribution in [0.25, 0.3) is 10.2 Å². The number of H-pyrrole nitrogens is 1. The molecule has 3 heterocycles. The molecule has 2 N–H and O–H groups in total. The van der Waals surface area contributed by atoms with Crippen molar-refractivity contribution in [3.8, 4) is 0 Å². The number of nitrogens with one attached hydrogen (secondary N) is 1. The first kappa shape index (κ1) is 13.7. The maximum Gasteiger partial charge on any atom is 0.268 e. The summed E-state index contributed by atoms with van der Waals surface area (Å²) in [5.74, 6) is 1.03. The summed E-state index contributed by atoms with van der Waals surface area (Å²) >= 11 is 1.42. The van der Waals surface area contributed by atoms with Crippen LogP contribution in [0.15, 0.2) is 16.2 Å². The molecular formula is C14H19N3O2S. The lowest BCUT2D eigenvalue weighted by Gasteiger charge is -2.35. The van der Waals surface area contributed by atoms with E-state index in [1.165, 1.54) is 11.3 Å². The third-order valence-corrected chi connectivity index (χ3v) is 4.94. The predicted molar refractivity (Wildman–Crippen MR) is 79.9 cm³/mol. The number of aromatic nitrogens is 2. The molecule has 1 aliphatic heterocycles. The molecule has 0 aliphatic carbocycles. The minimum atomic E-state index is -0.192. The zero-order valence-electron chi connectivity index (χ0n) is 11.5. The fraction of sp³-hybridized carbons (Fsp3) is 0.571. The topological polar surface area (TPSA) is 69.2 Å². The number of aromatic amines is 1. The second-order valence-electron chi connectivity index (χ2n) is 5.41. The average molecular weight is 293 g/mol. The molecule has 1 fully saturated rings. The summed E-state index contributed by atoms with van der Waals surface area (Å²) in [6.45, 7) is 4.46. The van der Waals surface area contributed by atoms with Crippen molar-refractivity contribution in [1.82, 2.24) is 14.9 Å². The van der Waals surface area contributed by atoms with E-state index in [-0.39, 0.29) is 11.7 Å². The summed E-state index contributed by atoms with van der Waals surface area (Å²) < 4.78 is 0.689. The van der Waals surface area contributed by atoms with Crippen molar-refractivity contribution in [2.45, 2.75) is 32.4 Å². The van der Waals surface area contributed by atoms with Gasteiger partial charge in [-0.15, -0.1) is 11.3 Å². The Hall–Kier alpha value is -1.24. The van der Waals surface area contributed by atoms with Crippen LogP contribution in [0, 0.1) is 5.92 Å². The largest absolute Gasteiger partial charge is 0.393 e. The SMILES string of the molecule is CCC1CN(Cc2nc3ccsc3c(=O)[nH]2)CCC1O. The Labute approximate surface area is 121 Å². The highest BCUT2D eigenvalue weighted by atomic mass is 32.1. The van der Waals surface area contributed by atoms with Gasteiger partial charge in [-0.2, -0.15) is 0 Å². The van der Waals surface area contributed by atoms with Gasteiger partial charge in [0.1, 0.15) is 10.5 Å². The molecule has 0 spiro atoms. The number of aliphatic hydroxyl groups excluding tert-OH is 1. The van der Waals surface area contributed by atoms with Crippen molar-refractivity contribution < 1.29 is 5.11 Å². The third kappa shape index (κ3) is 2.63. The lowest BCUT2D eigenvalue weighted by Crippen LogP contribution is -2.42. The van der Waals surface area contributed by atoms with Crippen molar-refractivity contribution >= 4 is 21.6 Å². The monoisotopic (exact) mass is 293 g/mol. The number of nitrogens with zero attached hydrogens (tertiary/aromatic N) is 2. The molecule has 0 bridgehead atoms. The lowest BCUT2D eigenvalue weighted by molar-refractivity contribution is 0.0213. The van der Waals surface area contributed by atoms with Crippen LogP contribution in [0.1, 0.15) is 25.6 Å². The predicted octanol–water partition coefficient (Wildman–Crippen LogP) is 1.58. The van der Waals surface area contributed by atoms with Crippen molar-refractivity contribution in [1.29, 1.82) is 0 Å². The number of thiophene rings is 1. The van der Waals surface area contributed by atoms with Crippen LogP contribution < -0.4 is 5.56 Å². The van der Waals surface area contributed by atoms with Crippen LogP contribution in [0.3, 0.4) is 0 Å². The number of aliphatic hydroxyl groups is 1. The fourth-order valence-electron chi connectivity index (χ4n) is 2.85. The van der Waals surface area contributed by atoms with Gasteiger partial charge in [-0.25, -0.2) is 4.98 Å². The first-order valence-corrected chi connectivity index (χ1v) is 7.92. The molecule has 2 aromatic heterocycles. The summed E-state index contributed by atoms with van der Waals surface area (Å²) in [6.07, 6.45) is 1.58. The molecular weight excluding hydrogens is 274 g/mol. The molecule has 0 radical (unpaired) electrons. The summed E-state index contributed by atoms with van der Waals surface area (Å²) in [7, 11) is 0. The van der Waals surface area contributed by atoms with Gasteiger partial charge < -0.3 is 10.1 Å². The number of rotatable bonds is 3. The fourth-order valence-corrected chi connectivity index (χ4v) is 3.57. The quantitative estimate of drug-likeness (QED) is 0.901. The Bertz CT molecular complexity index is 651. The van der Waals surface area contributed by atoms with E-state index in [1.807, 2.05) is 11.4 Å². The first-order chi connectivity index (χ1) is 9.67. The molecule has 5 nitrogen and oxygen atoms in total. The Morgan fingerprint density at radius 2 is 2.45 bits per heavy atom. The summed E-state index contributed by atoms with van der Waals surface area (Å²) in [5.41, 5.74) is 0.724. The highest BCUT2D eigenvalue weighted by Crippen LogP contribution is 2.21. The molecule has 6 heteroatoms. The van der Waals surface area contributed by atoms with E-state index < -0.39 is 0 Å². The molecule has 108 valence electrons. The van der Waals surface area contributed by atoms with E-state index in [0.717, 1.165) is 31.4 Å². The minimum absolute atomic E-state index is 0.0518. The van der Waals surface area contributed by atoms with Gasteiger partial charge in [0.2, 0.25) is 0 Å². The number of fused-ring (bicyclic) bond motifs is 1. The molecule has 2 unspecified atom stereocenters. The standard InChI is InChI=1S/C14H19N3O2S/c1-2-9-7-17(5-3-11(9)18)8-12-15-10-4-6-20-13(10)14(19)16-12/h4,6,9,11,18H,2-3,5,7-8H2,1H3,(H,15,16,19). The average Bonchev–Trinajstić information content (AvgIpc) is 2.90. The smallest absolute Gasteiger partial charge is 0.268 e. The lowest BCUT2D eigenvalue weighted by atomic mass is 9.92. The maximum atomic E-state index is 11.9. The number of hydrogen-bond acceptors (Lipinski definition) is 5. The Morgan fingerprint density at radius 1 is 1.60 bits per heavy atom. The van der Waals surface area contributed by atoms with Crippen molar-refractivity contribution in [2.24, 2.45) is 5.92 Å². The van der Waals surface area contributed by atoms with E-state index >= 15 is 0 Å². The second-order valence-corrected chi connectivity index (χ2v) is 6.32. The number of piperidine rings is 1. The first-order valence-electron chi connectivity index (χ1n) is 7.04. The Morgan fingerprint density at radius 3 is 3.25 bits per heavy atom. The maximum absolute atomic E-state index is 11.9. The van der Waals surface area contributed by atoms with Crippen LogP contribution in [0.2, 0.25) is 0 Å². The number of hydrogen-bond donors (Lipinski definition) is 2. The van der Waals surface area contributed by atoms with Gasteiger partial charge >= 0.3 is 0 Å². The molecule has 0 amide bonds. The van der Waals surface area contributed by atoms with Gasteiger partial charge in [0, 0.05) is 13.1 Å². The molecule has 0 saturated carbocycles. The summed E-state index contributed by atoms with van der Waals surface area (Å²) in [5, 5.41) is 11.8. The molecule has 1 saturated heterocycles. The zero-order valence-corrected chi connectivity index (χ0v) is 12.3. The van der Waals surface area contributed by atoms with E-state index in [1.54, 1.807) is 0 Å². The van der Waals surface area contributed by atoms with E-state index in [9.17, 15) is 9.90 Å². The van der Waals surface area contributed by atoms with Gasteiger partial charge in [-0.1, -0.05) is 6.92 Å². The van der Waals surface area contributed by atoms with Crippen LogP contribution in [-0.2, 0) is 6.54 Å². The minimum Gasteiger partial charge on any atom is -0.393 e. The molecule has 3 rings (SSSR count). The molecule has 0 aromatic carbocycles. The van der Waals surface area contributed by atoms with Crippen LogP contribution in [0.4, 0.5) is 0 Å². The second kappa shape index (κ2) is 5.63. The summed E-state index contributed by atoms with van der Waals surface area (Å²) in [4.78, 5) is 21.6. The number of likely N-dealkylation sites (tertiary alicyclic amines) is 1. The third-order valence-electron chi connectivity index (χ3n) is 4.04. The van der Waals surface area contributed by atoms with Crippen molar-refractivity contribution in [3.63, 3.8) is 0 Å². The van der Waals surface area contributed by atoms with Gasteiger partial charge in [0.25, 0.3) is 5.56 Å². The van der Waals surface area contributed by atoms with Crippen molar-refractivity contribution in [2.75, 3.05) is 13.1 Å². The van der Waals surface area contributed by atoms with Gasteiger partial charge in [0.15, 0.2) is 0 Å². The molecule has 2 atom stereocenters. The molecule has 1 aliphatic rings. The Balaban J connectivity index is 1.77.